The van der Waals surface area contributed by atoms with Gasteiger partial charge in [0, 0.05) is 29.9 Å². The maximum atomic E-state index is 12.7. The molecule has 1 aliphatic rings. The average molecular weight is 289 g/mol. The standard InChI is InChI=1S/C16H23N3O2/c1-11(2)13-9-16(21,15(3,4)5)19(18-13)14(20)12-7-6-8-17-10-12/h6-8,10-11,21H,9H2,1-5H3/t16-/m0/s1. The first-order valence-electron chi connectivity index (χ1n) is 7.21. The molecule has 0 unspecified atom stereocenters. The summed E-state index contributed by atoms with van der Waals surface area (Å²) in [6.45, 7) is 9.76. The maximum absolute atomic E-state index is 12.7. The van der Waals surface area contributed by atoms with Crippen LogP contribution >= 0.6 is 0 Å². The van der Waals surface area contributed by atoms with Crippen molar-refractivity contribution < 1.29 is 9.90 Å². The number of carbonyl (C=O) groups is 1. The molecular formula is C16H23N3O2. The number of pyridine rings is 1. The summed E-state index contributed by atoms with van der Waals surface area (Å²) in [5.74, 6) is -0.137. The van der Waals surface area contributed by atoms with Crippen molar-refractivity contribution >= 4 is 11.6 Å². The van der Waals surface area contributed by atoms with Gasteiger partial charge in [-0.3, -0.25) is 9.78 Å². The fourth-order valence-corrected chi connectivity index (χ4v) is 2.30. The van der Waals surface area contributed by atoms with Crippen LogP contribution < -0.4 is 0 Å². The number of hydrogen-bond donors (Lipinski definition) is 1. The van der Waals surface area contributed by atoms with Crippen molar-refractivity contribution in [2.24, 2.45) is 16.4 Å². The summed E-state index contributed by atoms with van der Waals surface area (Å²) in [4.78, 5) is 16.7. The van der Waals surface area contributed by atoms with Crippen LogP contribution in [0.25, 0.3) is 0 Å². The number of aromatic nitrogens is 1. The molecule has 5 heteroatoms. The summed E-state index contributed by atoms with van der Waals surface area (Å²) in [5, 5.41) is 16.8. The van der Waals surface area contributed by atoms with E-state index in [4.69, 9.17) is 0 Å². The quantitative estimate of drug-likeness (QED) is 0.910. The van der Waals surface area contributed by atoms with Crippen LogP contribution in [0.2, 0.25) is 0 Å². The highest BCUT2D eigenvalue weighted by Gasteiger charge is 2.52. The number of amides is 1. The van der Waals surface area contributed by atoms with Gasteiger partial charge >= 0.3 is 0 Å². The molecule has 2 rings (SSSR count). The van der Waals surface area contributed by atoms with Gasteiger partial charge < -0.3 is 5.11 Å². The monoisotopic (exact) mass is 289 g/mol. The fraction of sp³-hybridized carbons (Fsp3) is 0.562. The number of rotatable bonds is 2. The third-order valence-corrected chi connectivity index (χ3v) is 3.97. The lowest BCUT2D eigenvalue weighted by Crippen LogP contribution is -2.55. The predicted octanol–water partition coefficient (Wildman–Crippen LogP) is 2.67. The Morgan fingerprint density at radius 1 is 1.43 bits per heavy atom. The number of hydrogen-bond acceptors (Lipinski definition) is 4. The predicted molar refractivity (Wildman–Crippen MR) is 81.7 cm³/mol. The van der Waals surface area contributed by atoms with Crippen LogP contribution in [0.4, 0.5) is 0 Å². The van der Waals surface area contributed by atoms with Crippen molar-refractivity contribution in [3.63, 3.8) is 0 Å². The summed E-state index contributed by atoms with van der Waals surface area (Å²) < 4.78 is 0. The van der Waals surface area contributed by atoms with E-state index in [0.717, 1.165) is 5.71 Å². The van der Waals surface area contributed by atoms with E-state index < -0.39 is 11.1 Å². The van der Waals surface area contributed by atoms with E-state index >= 15 is 0 Å². The van der Waals surface area contributed by atoms with Gasteiger partial charge in [0.15, 0.2) is 5.72 Å². The van der Waals surface area contributed by atoms with Gasteiger partial charge in [-0.05, 0) is 18.1 Å². The summed E-state index contributed by atoms with van der Waals surface area (Å²) in [6.07, 6.45) is 3.48. The van der Waals surface area contributed by atoms with Gasteiger partial charge in [-0.2, -0.15) is 10.1 Å². The van der Waals surface area contributed by atoms with Gasteiger partial charge in [0.05, 0.1) is 5.56 Å². The lowest BCUT2D eigenvalue weighted by molar-refractivity contribution is -0.143. The van der Waals surface area contributed by atoms with Gasteiger partial charge in [-0.25, -0.2) is 0 Å². The van der Waals surface area contributed by atoms with Crippen LogP contribution in [0.15, 0.2) is 29.6 Å². The molecule has 0 saturated carbocycles. The Bertz CT molecular complexity index is 561. The molecule has 1 atom stereocenters. The van der Waals surface area contributed by atoms with Crippen LogP contribution in [0.1, 0.15) is 51.4 Å². The Hall–Kier alpha value is -1.75. The van der Waals surface area contributed by atoms with Gasteiger partial charge in [0.1, 0.15) is 0 Å². The summed E-state index contributed by atoms with van der Waals surface area (Å²) in [7, 11) is 0. The van der Waals surface area contributed by atoms with Gasteiger partial charge in [0.25, 0.3) is 5.91 Å². The molecular weight excluding hydrogens is 266 g/mol. The summed E-state index contributed by atoms with van der Waals surface area (Å²) in [6, 6.07) is 3.38. The summed E-state index contributed by atoms with van der Waals surface area (Å²) in [5.41, 5.74) is -0.566. The van der Waals surface area contributed by atoms with Crippen molar-refractivity contribution in [3.8, 4) is 0 Å². The Morgan fingerprint density at radius 3 is 2.57 bits per heavy atom. The molecule has 0 saturated heterocycles. The number of nitrogens with zero attached hydrogens (tertiary/aromatic N) is 3. The highest BCUT2D eigenvalue weighted by atomic mass is 16.3. The second kappa shape index (κ2) is 5.22. The van der Waals surface area contributed by atoms with Crippen LogP contribution in [0.3, 0.4) is 0 Å². The molecule has 2 heterocycles. The molecule has 114 valence electrons. The smallest absolute Gasteiger partial charge is 0.278 e. The number of aliphatic hydroxyl groups is 1. The Labute approximate surface area is 125 Å². The molecule has 5 nitrogen and oxygen atoms in total. The van der Waals surface area contributed by atoms with E-state index in [1.165, 1.54) is 11.2 Å². The molecule has 0 bridgehead atoms. The molecule has 1 aromatic heterocycles. The van der Waals surface area contributed by atoms with E-state index in [2.05, 4.69) is 10.1 Å². The molecule has 0 fully saturated rings. The lowest BCUT2D eigenvalue weighted by Gasteiger charge is -2.41. The topological polar surface area (TPSA) is 65.8 Å². The molecule has 0 spiro atoms. The molecule has 1 amide bonds. The molecule has 0 aromatic carbocycles. The van der Waals surface area contributed by atoms with Gasteiger partial charge in [-0.15, -0.1) is 0 Å². The molecule has 21 heavy (non-hydrogen) atoms. The Kier molecular flexibility index (Phi) is 3.89. The van der Waals surface area contributed by atoms with Gasteiger partial charge in [0.2, 0.25) is 0 Å². The number of carbonyl (C=O) groups excluding carboxylic acids is 1. The minimum absolute atomic E-state index is 0.186. The van der Waals surface area contributed by atoms with Crippen molar-refractivity contribution in [2.45, 2.75) is 46.8 Å². The lowest BCUT2D eigenvalue weighted by atomic mass is 9.79. The molecule has 1 aromatic rings. The minimum Gasteiger partial charge on any atom is -0.368 e. The largest absolute Gasteiger partial charge is 0.368 e. The first kappa shape index (κ1) is 15.6. The zero-order valence-electron chi connectivity index (χ0n) is 13.3. The second-order valence-corrected chi connectivity index (χ2v) is 6.85. The van der Waals surface area contributed by atoms with Crippen LogP contribution in [0, 0.1) is 11.3 Å². The first-order chi connectivity index (χ1) is 9.67. The van der Waals surface area contributed by atoms with Crippen molar-refractivity contribution in [3.05, 3.63) is 30.1 Å². The van der Waals surface area contributed by atoms with E-state index in [-0.39, 0.29) is 11.8 Å². The van der Waals surface area contributed by atoms with Crippen molar-refractivity contribution in [1.29, 1.82) is 0 Å². The van der Waals surface area contributed by atoms with Crippen LogP contribution in [0.5, 0.6) is 0 Å². The van der Waals surface area contributed by atoms with E-state index in [0.29, 0.717) is 12.0 Å². The maximum Gasteiger partial charge on any atom is 0.278 e. The van der Waals surface area contributed by atoms with E-state index in [9.17, 15) is 9.90 Å². The van der Waals surface area contributed by atoms with Crippen molar-refractivity contribution in [2.75, 3.05) is 0 Å². The molecule has 1 aliphatic heterocycles. The third-order valence-electron chi connectivity index (χ3n) is 3.97. The minimum atomic E-state index is -1.32. The van der Waals surface area contributed by atoms with Crippen molar-refractivity contribution in [1.82, 2.24) is 9.99 Å². The highest BCUT2D eigenvalue weighted by molar-refractivity contribution is 5.98. The van der Waals surface area contributed by atoms with Crippen LogP contribution in [-0.2, 0) is 0 Å². The second-order valence-electron chi connectivity index (χ2n) is 6.85. The zero-order valence-corrected chi connectivity index (χ0v) is 13.3. The van der Waals surface area contributed by atoms with E-state index in [1.54, 1.807) is 18.3 Å². The third kappa shape index (κ3) is 2.70. The Balaban J connectivity index is 2.44. The van der Waals surface area contributed by atoms with Crippen LogP contribution in [-0.4, -0.2) is 32.4 Å². The van der Waals surface area contributed by atoms with Gasteiger partial charge in [-0.1, -0.05) is 34.6 Å². The Morgan fingerprint density at radius 2 is 2.10 bits per heavy atom. The first-order valence-corrected chi connectivity index (χ1v) is 7.21. The summed E-state index contributed by atoms with van der Waals surface area (Å²) >= 11 is 0. The molecule has 1 N–H and O–H groups in total. The molecule has 0 aliphatic carbocycles. The average Bonchev–Trinajstić information content (AvgIpc) is 2.78. The zero-order chi connectivity index (χ0) is 15.8. The highest BCUT2D eigenvalue weighted by Crippen LogP contribution is 2.42. The number of hydrazone groups is 1. The normalized spacial score (nSPS) is 22.6. The fourth-order valence-electron chi connectivity index (χ4n) is 2.30. The molecule has 0 radical (unpaired) electrons. The van der Waals surface area contributed by atoms with E-state index in [1.807, 2.05) is 34.6 Å². The SMILES string of the molecule is CC(C)C1=NN(C(=O)c2cccnc2)[C@@](O)(C(C)(C)C)C1.